The maximum Gasteiger partial charge on any atom is 0.267 e. The summed E-state index contributed by atoms with van der Waals surface area (Å²) in [6.45, 7) is 3.74. The molecule has 6 nitrogen and oxygen atoms in total. The number of carbonyl (C=O) groups excluding carboxylic acids is 2. The van der Waals surface area contributed by atoms with Gasteiger partial charge in [0.15, 0.2) is 5.65 Å². The molecule has 2 amide bonds. The minimum atomic E-state index is -0.340. The molecular weight excluding hydrogens is 292 g/mol. The number of benzene rings is 1. The lowest BCUT2D eigenvalue weighted by molar-refractivity contribution is 0.0926. The van der Waals surface area contributed by atoms with Crippen molar-refractivity contribution >= 4 is 28.5 Å². The van der Waals surface area contributed by atoms with Crippen LogP contribution in [0.3, 0.4) is 0 Å². The first-order chi connectivity index (χ1) is 11.0. The number of pyridine rings is 1. The highest BCUT2D eigenvalue weighted by molar-refractivity contribution is 6.37. The molecule has 3 aromatic rings. The molecule has 0 bridgehead atoms. The second-order valence-corrected chi connectivity index (χ2v) is 5.74. The normalized spacial score (nSPS) is 14.0. The number of hydrogen-bond donors (Lipinski definition) is 0. The molecule has 1 aliphatic rings. The topological polar surface area (TPSA) is 68.1 Å². The number of rotatable bonds is 1. The summed E-state index contributed by atoms with van der Waals surface area (Å²) in [5.74, 6) is -0.660. The Morgan fingerprint density at radius 3 is 2.61 bits per heavy atom. The highest BCUT2D eigenvalue weighted by atomic mass is 16.2. The molecule has 2 aromatic heterocycles. The SMILES string of the molecule is Cc1cccc(N2C(=O)c3cnc4c(c(C)nn4C)c3C2=O)c1. The molecule has 23 heavy (non-hydrogen) atoms. The van der Waals surface area contributed by atoms with Gasteiger partial charge in [-0.3, -0.25) is 14.3 Å². The monoisotopic (exact) mass is 306 g/mol. The van der Waals surface area contributed by atoms with E-state index in [0.29, 0.717) is 33.5 Å². The van der Waals surface area contributed by atoms with Crippen LogP contribution < -0.4 is 4.90 Å². The van der Waals surface area contributed by atoms with E-state index in [2.05, 4.69) is 10.1 Å². The van der Waals surface area contributed by atoms with Crippen molar-refractivity contribution in [2.75, 3.05) is 4.90 Å². The zero-order valence-corrected chi connectivity index (χ0v) is 13.0. The Kier molecular flexibility index (Phi) is 2.66. The summed E-state index contributed by atoms with van der Waals surface area (Å²) in [4.78, 5) is 31.2. The fraction of sp³-hybridized carbons (Fsp3) is 0.176. The third-order valence-corrected chi connectivity index (χ3v) is 4.14. The van der Waals surface area contributed by atoms with Crippen molar-refractivity contribution in [1.29, 1.82) is 0 Å². The van der Waals surface area contributed by atoms with Gasteiger partial charge in [-0.1, -0.05) is 12.1 Å². The zero-order valence-electron chi connectivity index (χ0n) is 13.0. The van der Waals surface area contributed by atoms with Crippen LogP contribution >= 0.6 is 0 Å². The van der Waals surface area contributed by atoms with E-state index in [1.54, 1.807) is 17.8 Å². The van der Waals surface area contributed by atoms with E-state index >= 15 is 0 Å². The molecule has 0 spiro atoms. The van der Waals surface area contributed by atoms with Gasteiger partial charge in [-0.25, -0.2) is 9.88 Å². The molecular formula is C17H14N4O2. The molecule has 1 aliphatic heterocycles. The van der Waals surface area contributed by atoms with Gasteiger partial charge in [-0.2, -0.15) is 5.10 Å². The van der Waals surface area contributed by atoms with Crippen molar-refractivity contribution < 1.29 is 9.59 Å². The van der Waals surface area contributed by atoms with Crippen molar-refractivity contribution in [1.82, 2.24) is 14.8 Å². The van der Waals surface area contributed by atoms with Gasteiger partial charge in [0.1, 0.15) is 0 Å². The van der Waals surface area contributed by atoms with E-state index in [1.165, 1.54) is 11.1 Å². The van der Waals surface area contributed by atoms with Crippen LogP contribution in [0.2, 0.25) is 0 Å². The number of hydrogen-bond acceptors (Lipinski definition) is 4. The number of carbonyl (C=O) groups is 2. The van der Waals surface area contributed by atoms with Crippen LogP contribution in [0.25, 0.3) is 11.0 Å². The van der Waals surface area contributed by atoms with Crippen LogP contribution in [0.15, 0.2) is 30.5 Å². The highest BCUT2D eigenvalue weighted by Gasteiger charge is 2.39. The molecule has 3 heterocycles. The minimum Gasteiger partial charge on any atom is -0.268 e. The summed E-state index contributed by atoms with van der Waals surface area (Å²) in [6.07, 6.45) is 1.47. The number of nitrogens with zero attached hydrogens (tertiary/aromatic N) is 4. The van der Waals surface area contributed by atoms with E-state index in [0.717, 1.165) is 5.56 Å². The third-order valence-electron chi connectivity index (χ3n) is 4.14. The number of imide groups is 1. The Hall–Kier alpha value is -3.02. The summed E-state index contributed by atoms with van der Waals surface area (Å²) < 4.78 is 1.62. The molecule has 0 saturated heterocycles. The van der Waals surface area contributed by atoms with Crippen molar-refractivity contribution in [3.8, 4) is 0 Å². The first-order valence-electron chi connectivity index (χ1n) is 7.27. The molecule has 114 valence electrons. The summed E-state index contributed by atoms with van der Waals surface area (Å²) in [5.41, 5.74) is 3.59. The van der Waals surface area contributed by atoms with Crippen molar-refractivity contribution in [3.63, 3.8) is 0 Å². The fourth-order valence-corrected chi connectivity index (χ4v) is 3.12. The number of aryl methyl sites for hydroxylation is 3. The lowest BCUT2D eigenvalue weighted by Gasteiger charge is -2.14. The standard InChI is InChI=1S/C17H14N4O2/c1-9-5-4-6-11(7-9)21-16(22)12-8-18-15-13(14(12)17(21)23)10(2)19-20(15)3/h4-8H,1-3H3. The Bertz CT molecular complexity index is 1000. The van der Waals surface area contributed by atoms with Gasteiger partial charge in [0.25, 0.3) is 11.8 Å². The van der Waals surface area contributed by atoms with Gasteiger partial charge in [-0.05, 0) is 31.5 Å². The molecule has 6 heteroatoms. The highest BCUT2D eigenvalue weighted by Crippen LogP contribution is 2.33. The molecule has 0 atom stereocenters. The van der Waals surface area contributed by atoms with Crippen molar-refractivity contribution in [3.05, 3.63) is 52.8 Å². The predicted molar refractivity (Wildman–Crippen MR) is 85.6 cm³/mol. The van der Waals surface area contributed by atoms with E-state index < -0.39 is 0 Å². The van der Waals surface area contributed by atoms with Crippen LogP contribution in [0.5, 0.6) is 0 Å². The third kappa shape index (κ3) is 1.75. The van der Waals surface area contributed by atoms with Gasteiger partial charge in [0.2, 0.25) is 0 Å². The second-order valence-electron chi connectivity index (χ2n) is 5.74. The Balaban J connectivity index is 1.98. The zero-order chi connectivity index (χ0) is 16.3. The van der Waals surface area contributed by atoms with E-state index in [-0.39, 0.29) is 11.8 Å². The first kappa shape index (κ1) is 13.6. The molecule has 4 rings (SSSR count). The molecule has 1 aromatic carbocycles. The Labute approximate surface area is 132 Å². The largest absolute Gasteiger partial charge is 0.268 e. The van der Waals surface area contributed by atoms with Gasteiger partial charge in [-0.15, -0.1) is 0 Å². The summed E-state index contributed by atoms with van der Waals surface area (Å²) in [7, 11) is 1.77. The van der Waals surface area contributed by atoms with Crippen LogP contribution in [0.1, 0.15) is 32.0 Å². The van der Waals surface area contributed by atoms with Crippen LogP contribution in [-0.4, -0.2) is 26.6 Å². The van der Waals surface area contributed by atoms with E-state index in [1.807, 2.05) is 32.0 Å². The van der Waals surface area contributed by atoms with Crippen LogP contribution in [0, 0.1) is 13.8 Å². The van der Waals surface area contributed by atoms with Crippen molar-refractivity contribution in [2.45, 2.75) is 13.8 Å². The van der Waals surface area contributed by atoms with Crippen LogP contribution in [0.4, 0.5) is 5.69 Å². The minimum absolute atomic E-state index is 0.320. The average Bonchev–Trinajstić information content (AvgIpc) is 2.94. The molecule has 0 fully saturated rings. The first-order valence-corrected chi connectivity index (χ1v) is 7.27. The molecule has 0 unspecified atom stereocenters. The number of amides is 2. The number of aromatic nitrogens is 3. The van der Waals surface area contributed by atoms with Gasteiger partial charge < -0.3 is 0 Å². The molecule has 0 aliphatic carbocycles. The lowest BCUT2D eigenvalue weighted by Crippen LogP contribution is -2.29. The molecule has 0 saturated carbocycles. The smallest absolute Gasteiger partial charge is 0.267 e. The van der Waals surface area contributed by atoms with Crippen molar-refractivity contribution in [2.24, 2.45) is 7.05 Å². The van der Waals surface area contributed by atoms with Gasteiger partial charge in [0, 0.05) is 13.2 Å². The van der Waals surface area contributed by atoms with E-state index in [4.69, 9.17) is 0 Å². The maximum atomic E-state index is 12.9. The number of fused-ring (bicyclic) bond motifs is 3. The maximum absolute atomic E-state index is 12.9. The second kappa shape index (κ2) is 4.49. The van der Waals surface area contributed by atoms with Gasteiger partial charge in [0.05, 0.1) is 27.9 Å². The van der Waals surface area contributed by atoms with E-state index in [9.17, 15) is 9.59 Å². The lowest BCUT2D eigenvalue weighted by atomic mass is 10.1. The van der Waals surface area contributed by atoms with Crippen LogP contribution in [-0.2, 0) is 7.05 Å². The fourth-order valence-electron chi connectivity index (χ4n) is 3.12. The Morgan fingerprint density at radius 2 is 1.87 bits per heavy atom. The molecule has 0 radical (unpaired) electrons. The summed E-state index contributed by atoms with van der Waals surface area (Å²) >= 11 is 0. The average molecular weight is 306 g/mol. The summed E-state index contributed by atoms with van der Waals surface area (Å²) in [6, 6.07) is 7.34. The van der Waals surface area contributed by atoms with Gasteiger partial charge >= 0.3 is 0 Å². The predicted octanol–water partition coefficient (Wildman–Crippen LogP) is 2.39. The number of anilines is 1. The summed E-state index contributed by atoms with van der Waals surface area (Å²) in [5, 5.41) is 4.96. The molecule has 0 N–H and O–H groups in total. The quantitative estimate of drug-likeness (QED) is 0.647. The Morgan fingerprint density at radius 1 is 1.09 bits per heavy atom.